The first-order valence-corrected chi connectivity index (χ1v) is 6.84. The van der Waals surface area contributed by atoms with E-state index in [0.717, 1.165) is 12.8 Å². The van der Waals surface area contributed by atoms with Crippen LogP contribution in [0.15, 0.2) is 18.2 Å². The van der Waals surface area contributed by atoms with Gasteiger partial charge in [0.15, 0.2) is 0 Å². The van der Waals surface area contributed by atoms with Crippen LogP contribution in [0.5, 0.6) is 5.75 Å². The molecule has 1 aliphatic rings. The highest BCUT2D eigenvalue weighted by Crippen LogP contribution is 2.25. The Labute approximate surface area is 114 Å². The zero-order valence-corrected chi connectivity index (χ0v) is 11.6. The number of carbonyl (C=O) groups is 1. The number of carbonyl (C=O) groups excluding carboxylic acids is 1. The monoisotopic (exact) mass is 262 g/mol. The largest absolute Gasteiger partial charge is 0.496 e. The molecule has 0 heterocycles. The fourth-order valence-electron chi connectivity index (χ4n) is 2.73. The van der Waals surface area contributed by atoms with Gasteiger partial charge in [0.25, 0.3) is 5.91 Å². The molecule has 1 amide bonds. The molecule has 0 spiro atoms. The first-order valence-electron chi connectivity index (χ1n) is 6.84. The molecule has 4 heteroatoms. The summed E-state index contributed by atoms with van der Waals surface area (Å²) in [5.74, 6) is 1.15. The van der Waals surface area contributed by atoms with Gasteiger partial charge in [-0.2, -0.15) is 0 Å². The van der Waals surface area contributed by atoms with Crippen molar-refractivity contribution in [1.82, 2.24) is 5.32 Å². The Balaban J connectivity index is 2.09. The molecule has 0 aliphatic heterocycles. The van der Waals surface area contributed by atoms with E-state index in [-0.39, 0.29) is 11.9 Å². The third kappa shape index (κ3) is 3.40. The first-order chi connectivity index (χ1) is 9.10. The Morgan fingerprint density at radius 3 is 2.89 bits per heavy atom. The van der Waals surface area contributed by atoms with Crippen LogP contribution >= 0.6 is 0 Å². The van der Waals surface area contributed by atoms with Gasteiger partial charge in [0.05, 0.1) is 12.7 Å². The fourth-order valence-corrected chi connectivity index (χ4v) is 2.73. The molecule has 2 rings (SSSR count). The number of nitrogens with two attached hydrogens (primary N) is 1. The SMILES string of the molecule is COc1ccc(N)cc1C(=O)N[C@H]1CCC[C@@H](C)C1. The van der Waals surface area contributed by atoms with Gasteiger partial charge in [0.1, 0.15) is 5.75 Å². The summed E-state index contributed by atoms with van der Waals surface area (Å²) in [4.78, 5) is 12.3. The molecular formula is C15H22N2O2. The lowest BCUT2D eigenvalue weighted by atomic mass is 9.87. The van der Waals surface area contributed by atoms with E-state index < -0.39 is 0 Å². The first kappa shape index (κ1) is 13.7. The zero-order valence-electron chi connectivity index (χ0n) is 11.6. The van der Waals surface area contributed by atoms with E-state index in [9.17, 15) is 4.79 Å². The second-order valence-electron chi connectivity index (χ2n) is 5.40. The van der Waals surface area contributed by atoms with E-state index in [1.165, 1.54) is 12.8 Å². The Morgan fingerprint density at radius 1 is 1.42 bits per heavy atom. The summed E-state index contributed by atoms with van der Waals surface area (Å²) >= 11 is 0. The minimum absolute atomic E-state index is 0.0942. The molecule has 3 N–H and O–H groups in total. The lowest BCUT2D eigenvalue weighted by molar-refractivity contribution is 0.0918. The van der Waals surface area contributed by atoms with Gasteiger partial charge in [-0.1, -0.05) is 19.8 Å². The topological polar surface area (TPSA) is 64.3 Å². The van der Waals surface area contributed by atoms with Gasteiger partial charge < -0.3 is 15.8 Å². The molecular weight excluding hydrogens is 240 g/mol. The summed E-state index contributed by atoms with van der Waals surface area (Å²) in [6, 6.07) is 5.40. The number of amides is 1. The van der Waals surface area contributed by atoms with Gasteiger partial charge in [-0.05, 0) is 37.0 Å². The van der Waals surface area contributed by atoms with Crippen LogP contribution in [0.4, 0.5) is 5.69 Å². The molecule has 1 fully saturated rings. The van der Waals surface area contributed by atoms with Crippen molar-refractivity contribution in [2.75, 3.05) is 12.8 Å². The van der Waals surface area contributed by atoms with Crippen LogP contribution in [0.3, 0.4) is 0 Å². The van der Waals surface area contributed by atoms with Gasteiger partial charge in [-0.25, -0.2) is 0 Å². The summed E-state index contributed by atoms with van der Waals surface area (Å²) in [7, 11) is 1.56. The van der Waals surface area contributed by atoms with Crippen molar-refractivity contribution in [2.45, 2.75) is 38.6 Å². The summed E-state index contributed by atoms with van der Waals surface area (Å²) in [5, 5.41) is 3.09. The number of ether oxygens (including phenoxy) is 1. The summed E-state index contributed by atoms with van der Waals surface area (Å²) in [5.41, 5.74) is 6.83. The van der Waals surface area contributed by atoms with Crippen molar-refractivity contribution >= 4 is 11.6 Å². The van der Waals surface area contributed by atoms with E-state index in [1.807, 2.05) is 0 Å². The van der Waals surface area contributed by atoms with E-state index in [4.69, 9.17) is 10.5 Å². The maximum absolute atomic E-state index is 12.3. The van der Waals surface area contributed by atoms with Crippen LogP contribution in [0.1, 0.15) is 43.0 Å². The van der Waals surface area contributed by atoms with Gasteiger partial charge >= 0.3 is 0 Å². The average molecular weight is 262 g/mol. The second kappa shape index (κ2) is 5.95. The van der Waals surface area contributed by atoms with E-state index in [2.05, 4.69) is 12.2 Å². The Kier molecular flexibility index (Phi) is 4.30. The molecule has 2 atom stereocenters. The van der Waals surface area contributed by atoms with Crippen LogP contribution in [0.2, 0.25) is 0 Å². The van der Waals surface area contributed by atoms with Crippen LogP contribution in [0, 0.1) is 5.92 Å². The lowest BCUT2D eigenvalue weighted by Crippen LogP contribution is -2.38. The van der Waals surface area contributed by atoms with Gasteiger partial charge in [0, 0.05) is 11.7 Å². The predicted molar refractivity (Wildman–Crippen MR) is 76.3 cm³/mol. The summed E-state index contributed by atoms with van der Waals surface area (Å²) in [6.07, 6.45) is 4.55. The molecule has 104 valence electrons. The highest BCUT2D eigenvalue weighted by atomic mass is 16.5. The van der Waals surface area contributed by atoms with Crippen molar-refractivity contribution in [1.29, 1.82) is 0 Å². The summed E-state index contributed by atoms with van der Waals surface area (Å²) in [6.45, 7) is 2.24. The van der Waals surface area contributed by atoms with Gasteiger partial charge in [-0.3, -0.25) is 4.79 Å². The van der Waals surface area contributed by atoms with Crippen molar-refractivity contribution in [3.8, 4) is 5.75 Å². The third-order valence-electron chi connectivity index (χ3n) is 3.74. The highest BCUT2D eigenvalue weighted by Gasteiger charge is 2.22. The van der Waals surface area contributed by atoms with Crippen molar-refractivity contribution in [3.63, 3.8) is 0 Å². The Hall–Kier alpha value is -1.71. The number of benzene rings is 1. The maximum atomic E-state index is 12.3. The van der Waals surface area contributed by atoms with Crippen LogP contribution in [0.25, 0.3) is 0 Å². The normalized spacial score (nSPS) is 22.8. The van der Waals surface area contributed by atoms with Crippen molar-refractivity contribution in [2.24, 2.45) is 5.92 Å². The molecule has 19 heavy (non-hydrogen) atoms. The second-order valence-corrected chi connectivity index (χ2v) is 5.40. The number of hydrogen-bond donors (Lipinski definition) is 2. The highest BCUT2D eigenvalue weighted by molar-refractivity contribution is 5.98. The summed E-state index contributed by atoms with van der Waals surface area (Å²) < 4.78 is 5.22. The molecule has 1 aliphatic carbocycles. The average Bonchev–Trinajstić information content (AvgIpc) is 2.38. The molecule has 1 saturated carbocycles. The van der Waals surface area contributed by atoms with E-state index in [0.29, 0.717) is 22.9 Å². The van der Waals surface area contributed by atoms with Gasteiger partial charge in [-0.15, -0.1) is 0 Å². The van der Waals surface area contributed by atoms with Crippen LogP contribution < -0.4 is 15.8 Å². The number of hydrogen-bond acceptors (Lipinski definition) is 3. The van der Waals surface area contributed by atoms with Crippen molar-refractivity contribution < 1.29 is 9.53 Å². The van der Waals surface area contributed by atoms with E-state index in [1.54, 1.807) is 25.3 Å². The number of methoxy groups -OCH3 is 1. The smallest absolute Gasteiger partial charge is 0.255 e. The molecule has 4 nitrogen and oxygen atoms in total. The number of rotatable bonds is 3. The van der Waals surface area contributed by atoms with Crippen molar-refractivity contribution in [3.05, 3.63) is 23.8 Å². The molecule has 0 aromatic heterocycles. The number of nitrogens with one attached hydrogen (secondary N) is 1. The van der Waals surface area contributed by atoms with Gasteiger partial charge in [0.2, 0.25) is 0 Å². The molecule has 0 saturated heterocycles. The minimum Gasteiger partial charge on any atom is -0.496 e. The molecule has 1 aromatic rings. The molecule has 0 bridgehead atoms. The predicted octanol–water partition coefficient (Wildman–Crippen LogP) is 2.59. The molecule has 1 aromatic carbocycles. The lowest BCUT2D eigenvalue weighted by Gasteiger charge is -2.27. The molecule has 0 radical (unpaired) electrons. The standard InChI is InChI=1S/C15H22N2O2/c1-10-4-3-5-12(8-10)17-15(18)13-9-11(16)6-7-14(13)19-2/h6-7,9-10,12H,3-5,8,16H2,1-2H3,(H,17,18)/t10-,12+/m1/s1. The quantitative estimate of drug-likeness (QED) is 0.823. The third-order valence-corrected chi connectivity index (χ3v) is 3.74. The molecule has 0 unspecified atom stereocenters. The number of nitrogen functional groups attached to an aromatic ring is 1. The van der Waals surface area contributed by atoms with Crippen LogP contribution in [-0.4, -0.2) is 19.1 Å². The Morgan fingerprint density at radius 2 is 2.21 bits per heavy atom. The zero-order chi connectivity index (χ0) is 13.8. The number of anilines is 1. The van der Waals surface area contributed by atoms with E-state index >= 15 is 0 Å². The fraction of sp³-hybridized carbons (Fsp3) is 0.533. The Bertz CT molecular complexity index is 459. The minimum atomic E-state index is -0.0942. The van der Waals surface area contributed by atoms with Crippen LogP contribution in [-0.2, 0) is 0 Å². The maximum Gasteiger partial charge on any atom is 0.255 e.